The van der Waals surface area contributed by atoms with Crippen LogP contribution in [0.25, 0.3) is 0 Å². The van der Waals surface area contributed by atoms with Gasteiger partial charge < -0.3 is 20.3 Å². The largest absolute Gasteiger partial charge is 0.379 e. The van der Waals surface area contributed by atoms with Crippen molar-refractivity contribution in [2.24, 2.45) is 4.99 Å². The number of hydrogen-bond donors (Lipinski definition) is 2. The number of nitrogens with one attached hydrogen (secondary N) is 2. The quantitative estimate of drug-likeness (QED) is 0.480. The van der Waals surface area contributed by atoms with Gasteiger partial charge in [-0.2, -0.15) is 0 Å². The van der Waals surface area contributed by atoms with Crippen LogP contribution in [0.2, 0.25) is 0 Å². The Bertz CT molecular complexity index is 803. The first kappa shape index (κ1) is 23.3. The van der Waals surface area contributed by atoms with Crippen LogP contribution in [0.15, 0.2) is 59.6 Å². The highest BCUT2D eigenvalue weighted by Crippen LogP contribution is 2.17. The molecule has 0 spiro atoms. The van der Waals surface area contributed by atoms with Crippen molar-refractivity contribution in [3.05, 3.63) is 71.3 Å². The van der Waals surface area contributed by atoms with Crippen LogP contribution in [0.5, 0.6) is 0 Å². The highest BCUT2D eigenvalue weighted by Gasteiger charge is 2.15. The molecule has 0 aliphatic carbocycles. The van der Waals surface area contributed by atoms with Gasteiger partial charge in [-0.05, 0) is 37.7 Å². The van der Waals surface area contributed by atoms with Crippen LogP contribution in [-0.4, -0.2) is 69.2 Å². The van der Waals surface area contributed by atoms with E-state index in [0.29, 0.717) is 6.54 Å². The van der Waals surface area contributed by atoms with Crippen molar-refractivity contribution >= 4 is 5.96 Å². The van der Waals surface area contributed by atoms with E-state index in [2.05, 4.69) is 96.0 Å². The lowest BCUT2D eigenvalue weighted by atomic mass is 10.1. The highest BCUT2D eigenvalue weighted by molar-refractivity contribution is 5.79. The number of aliphatic imine (C=N–C) groups is 1. The number of rotatable bonds is 9. The Labute approximate surface area is 187 Å². The first-order chi connectivity index (χ1) is 15.2. The number of morpholine rings is 1. The van der Waals surface area contributed by atoms with Crippen LogP contribution in [0, 0.1) is 0 Å². The van der Waals surface area contributed by atoms with E-state index >= 15 is 0 Å². The van der Waals surface area contributed by atoms with Crippen molar-refractivity contribution in [1.29, 1.82) is 0 Å². The number of ether oxygens (including phenoxy) is 1. The fourth-order valence-electron chi connectivity index (χ4n) is 3.84. The van der Waals surface area contributed by atoms with Gasteiger partial charge in [0, 0.05) is 32.7 Å². The zero-order chi connectivity index (χ0) is 21.9. The molecular formula is C25H37N5O. The molecule has 2 aromatic carbocycles. The minimum atomic E-state index is 0.277. The summed E-state index contributed by atoms with van der Waals surface area (Å²) in [5.41, 5.74) is 3.92. The second-order valence-electron chi connectivity index (χ2n) is 8.12. The lowest BCUT2D eigenvalue weighted by molar-refractivity contribution is 0.0341. The molecule has 1 heterocycles. The van der Waals surface area contributed by atoms with Crippen molar-refractivity contribution in [3.8, 4) is 0 Å². The van der Waals surface area contributed by atoms with E-state index in [1.54, 1.807) is 0 Å². The summed E-state index contributed by atoms with van der Waals surface area (Å²) in [6, 6.07) is 19.5. The number of hydrogen-bond acceptors (Lipinski definition) is 4. The molecule has 2 aromatic rings. The Morgan fingerprint density at radius 2 is 1.68 bits per heavy atom. The van der Waals surface area contributed by atoms with Gasteiger partial charge in [0.2, 0.25) is 0 Å². The minimum absolute atomic E-state index is 0.277. The lowest BCUT2D eigenvalue weighted by Gasteiger charge is -2.27. The van der Waals surface area contributed by atoms with Crippen molar-refractivity contribution in [2.75, 3.05) is 53.5 Å². The van der Waals surface area contributed by atoms with Gasteiger partial charge in [-0.1, -0.05) is 54.6 Å². The molecule has 2 N–H and O–H groups in total. The van der Waals surface area contributed by atoms with Crippen LogP contribution in [0.1, 0.15) is 29.7 Å². The monoisotopic (exact) mass is 423 g/mol. The molecule has 1 atom stereocenters. The van der Waals surface area contributed by atoms with E-state index in [0.717, 1.165) is 51.9 Å². The van der Waals surface area contributed by atoms with E-state index in [4.69, 9.17) is 9.73 Å². The average molecular weight is 424 g/mol. The molecule has 3 rings (SSSR count). The smallest absolute Gasteiger partial charge is 0.191 e. The zero-order valence-corrected chi connectivity index (χ0v) is 19.2. The predicted octanol–water partition coefficient (Wildman–Crippen LogP) is 2.88. The number of benzene rings is 2. The first-order valence-electron chi connectivity index (χ1n) is 11.3. The fraction of sp³-hybridized carbons (Fsp3) is 0.480. The molecule has 1 aliphatic heterocycles. The van der Waals surface area contributed by atoms with Crippen LogP contribution in [0.4, 0.5) is 0 Å². The van der Waals surface area contributed by atoms with Gasteiger partial charge >= 0.3 is 0 Å². The Hall–Kier alpha value is -2.41. The van der Waals surface area contributed by atoms with Crippen LogP contribution < -0.4 is 10.6 Å². The second-order valence-corrected chi connectivity index (χ2v) is 8.12. The van der Waals surface area contributed by atoms with E-state index in [1.165, 1.54) is 16.7 Å². The summed E-state index contributed by atoms with van der Waals surface area (Å²) in [6.45, 7) is 8.97. The summed E-state index contributed by atoms with van der Waals surface area (Å²) in [5, 5.41) is 6.93. The lowest BCUT2D eigenvalue weighted by Crippen LogP contribution is -2.41. The molecule has 31 heavy (non-hydrogen) atoms. The molecule has 1 unspecified atom stereocenters. The summed E-state index contributed by atoms with van der Waals surface area (Å²) < 4.78 is 5.48. The minimum Gasteiger partial charge on any atom is -0.379 e. The highest BCUT2D eigenvalue weighted by atomic mass is 16.5. The molecule has 0 amide bonds. The van der Waals surface area contributed by atoms with Gasteiger partial charge in [-0.15, -0.1) is 0 Å². The molecule has 0 bridgehead atoms. The summed E-state index contributed by atoms with van der Waals surface area (Å²) in [7, 11) is 4.23. The maximum Gasteiger partial charge on any atom is 0.191 e. The zero-order valence-electron chi connectivity index (χ0n) is 19.2. The third-order valence-electron chi connectivity index (χ3n) is 5.64. The molecule has 1 saturated heterocycles. The van der Waals surface area contributed by atoms with Gasteiger partial charge in [0.25, 0.3) is 0 Å². The predicted molar refractivity (Wildman–Crippen MR) is 128 cm³/mol. The number of nitrogens with zero attached hydrogens (tertiary/aromatic N) is 3. The molecule has 0 radical (unpaired) electrons. The number of guanidine groups is 1. The van der Waals surface area contributed by atoms with E-state index in [9.17, 15) is 0 Å². The van der Waals surface area contributed by atoms with E-state index in [-0.39, 0.29) is 6.04 Å². The molecule has 1 aliphatic rings. The summed E-state index contributed by atoms with van der Waals surface area (Å²) >= 11 is 0. The van der Waals surface area contributed by atoms with Crippen LogP contribution in [0.3, 0.4) is 0 Å². The molecule has 0 aromatic heterocycles. The van der Waals surface area contributed by atoms with E-state index < -0.39 is 0 Å². The summed E-state index contributed by atoms with van der Waals surface area (Å²) in [4.78, 5) is 9.59. The topological polar surface area (TPSA) is 52.1 Å². The second kappa shape index (κ2) is 12.4. The van der Waals surface area contributed by atoms with Gasteiger partial charge in [0.1, 0.15) is 0 Å². The Morgan fingerprint density at radius 1 is 1.00 bits per heavy atom. The van der Waals surface area contributed by atoms with Crippen molar-refractivity contribution in [1.82, 2.24) is 20.4 Å². The maximum atomic E-state index is 5.48. The third-order valence-corrected chi connectivity index (χ3v) is 5.64. The molecular weight excluding hydrogens is 386 g/mol. The maximum absolute atomic E-state index is 5.48. The van der Waals surface area contributed by atoms with Crippen molar-refractivity contribution in [3.63, 3.8) is 0 Å². The Morgan fingerprint density at radius 3 is 2.35 bits per heavy atom. The van der Waals surface area contributed by atoms with Gasteiger partial charge in [-0.25, -0.2) is 4.99 Å². The molecule has 6 nitrogen and oxygen atoms in total. The van der Waals surface area contributed by atoms with Gasteiger partial charge in [0.05, 0.1) is 25.8 Å². The number of likely N-dealkylation sites (N-methyl/N-ethyl adjacent to an activating group) is 1. The van der Waals surface area contributed by atoms with E-state index in [1.807, 2.05) is 0 Å². The van der Waals surface area contributed by atoms with Crippen molar-refractivity contribution < 1.29 is 4.74 Å². The first-order valence-corrected chi connectivity index (χ1v) is 11.3. The summed E-state index contributed by atoms with van der Waals surface area (Å²) in [5.74, 6) is 0.853. The third kappa shape index (κ3) is 7.35. The summed E-state index contributed by atoms with van der Waals surface area (Å²) in [6.07, 6.45) is 0. The molecule has 0 saturated carbocycles. The Kier molecular flexibility index (Phi) is 9.34. The standard InChI is InChI=1S/C25H37N5O/c1-4-26-25(28-19-24(29(2)3)21-10-6-5-7-11-21)27-18-22-12-8-9-13-23(22)20-30-14-16-31-17-15-30/h5-13,24H,4,14-20H2,1-3H3,(H2,26,27,28). The normalized spacial score (nSPS) is 16.3. The van der Waals surface area contributed by atoms with Crippen LogP contribution in [-0.2, 0) is 17.8 Å². The molecule has 1 fully saturated rings. The Balaban J connectivity index is 1.65. The van der Waals surface area contributed by atoms with Gasteiger partial charge in [-0.3, -0.25) is 4.90 Å². The van der Waals surface area contributed by atoms with Crippen LogP contribution >= 0.6 is 0 Å². The molecule has 6 heteroatoms. The average Bonchev–Trinajstić information content (AvgIpc) is 2.79. The SMILES string of the molecule is CCNC(=NCc1ccccc1CN1CCOCC1)NCC(c1ccccc1)N(C)C. The molecule has 168 valence electrons. The van der Waals surface area contributed by atoms with Gasteiger partial charge in [0.15, 0.2) is 5.96 Å². The fourth-order valence-corrected chi connectivity index (χ4v) is 3.84. The van der Waals surface area contributed by atoms with Crippen molar-refractivity contribution in [2.45, 2.75) is 26.1 Å².